The first-order valence-electron chi connectivity index (χ1n) is 8.93. The van der Waals surface area contributed by atoms with Crippen LogP contribution in [0.25, 0.3) is 0 Å². The maximum Gasteiger partial charge on any atom is 0.335 e. The summed E-state index contributed by atoms with van der Waals surface area (Å²) in [6, 6.07) is 9.52. The second-order valence-electron chi connectivity index (χ2n) is 8.03. The van der Waals surface area contributed by atoms with Crippen molar-refractivity contribution >= 4 is 5.97 Å². The highest BCUT2D eigenvalue weighted by atomic mass is 16.4. The van der Waals surface area contributed by atoms with Gasteiger partial charge in [-0.25, -0.2) is 4.79 Å². The van der Waals surface area contributed by atoms with Gasteiger partial charge in [0, 0.05) is 24.2 Å². The molecule has 1 aliphatic heterocycles. The maximum atomic E-state index is 11.0. The van der Waals surface area contributed by atoms with Gasteiger partial charge in [-0.15, -0.1) is 0 Å². The van der Waals surface area contributed by atoms with E-state index in [4.69, 9.17) is 5.11 Å². The number of H-pyrrole nitrogens is 1. The van der Waals surface area contributed by atoms with Gasteiger partial charge in [0.1, 0.15) is 0 Å². The zero-order chi connectivity index (χ0) is 18.0. The molecule has 134 valence electrons. The highest BCUT2D eigenvalue weighted by Gasteiger charge is 2.23. The van der Waals surface area contributed by atoms with Crippen LogP contribution in [0, 0.1) is 0 Å². The number of benzene rings is 1. The van der Waals surface area contributed by atoms with E-state index in [9.17, 15) is 4.79 Å². The first-order valence-corrected chi connectivity index (χ1v) is 8.93. The van der Waals surface area contributed by atoms with Crippen molar-refractivity contribution in [2.24, 2.45) is 0 Å². The van der Waals surface area contributed by atoms with Crippen LogP contribution < -0.4 is 0 Å². The largest absolute Gasteiger partial charge is 0.478 e. The Morgan fingerprint density at radius 1 is 1.32 bits per heavy atom. The third kappa shape index (κ3) is 4.28. The summed E-state index contributed by atoms with van der Waals surface area (Å²) < 4.78 is 0. The molecule has 0 bridgehead atoms. The highest BCUT2D eigenvalue weighted by Crippen LogP contribution is 2.28. The molecular weight excluding hydrogens is 314 g/mol. The van der Waals surface area contributed by atoms with E-state index >= 15 is 0 Å². The first kappa shape index (κ1) is 17.7. The van der Waals surface area contributed by atoms with Crippen molar-refractivity contribution in [2.45, 2.75) is 51.5 Å². The Balaban J connectivity index is 1.65. The van der Waals surface area contributed by atoms with Gasteiger partial charge in [-0.2, -0.15) is 5.10 Å². The summed E-state index contributed by atoms with van der Waals surface area (Å²) >= 11 is 0. The lowest BCUT2D eigenvalue weighted by molar-refractivity contribution is 0.0697. The third-order valence-electron chi connectivity index (χ3n) is 4.93. The molecule has 25 heavy (non-hydrogen) atoms. The molecule has 1 aromatic carbocycles. The summed E-state index contributed by atoms with van der Waals surface area (Å²) in [6.45, 7) is 9.48. The Morgan fingerprint density at radius 3 is 2.64 bits per heavy atom. The fraction of sp³-hybridized carbons (Fsp3) is 0.500. The summed E-state index contributed by atoms with van der Waals surface area (Å²) in [5, 5.41) is 16.7. The predicted molar refractivity (Wildman–Crippen MR) is 97.9 cm³/mol. The van der Waals surface area contributed by atoms with E-state index in [2.05, 4.69) is 41.9 Å². The summed E-state index contributed by atoms with van der Waals surface area (Å²) in [7, 11) is 0. The molecule has 1 saturated heterocycles. The van der Waals surface area contributed by atoms with E-state index in [1.807, 2.05) is 12.1 Å². The molecule has 0 radical (unpaired) electrons. The number of carboxylic acids is 1. The van der Waals surface area contributed by atoms with E-state index in [0.717, 1.165) is 43.9 Å². The molecule has 0 saturated carbocycles. The van der Waals surface area contributed by atoms with Crippen LogP contribution in [0.15, 0.2) is 30.3 Å². The number of likely N-dealkylation sites (tertiary alicyclic amines) is 1. The van der Waals surface area contributed by atoms with Gasteiger partial charge in [-0.1, -0.05) is 32.9 Å². The quantitative estimate of drug-likeness (QED) is 0.888. The zero-order valence-corrected chi connectivity index (χ0v) is 15.2. The number of nitrogens with one attached hydrogen (secondary N) is 1. The monoisotopic (exact) mass is 341 g/mol. The van der Waals surface area contributed by atoms with Gasteiger partial charge in [0.05, 0.1) is 11.3 Å². The second kappa shape index (κ2) is 7.00. The molecule has 0 amide bonds. The molecule has 0 spiro atoms. The Kier molecular flexibility index (Phi) is 4.95. The van der Waals surface area contributed by atoms with Gasteiger partial charge in [0.25, 0.3) is 0 Å². The molecule has 0 unspecified atom stereocenters. The van der Waals surface area contributed by atoms with Crippen LogP contribution in [-0.2, 0) is 12.0 Å². The van der Waals surface area contributed by atoms with Crippen LogP contribution in [0.3, 0.4) is 0 Å². The number of aromatic nitrogens is 2. The normalized spacial score (nSPS) is 19.1. The molecule has 3 rings (SSSR count). The lowest BCUT2D eigenvalue weighted by atomic mass is 9.90. The summed E-state index contributed by atoms with van der Waals surface area (Å²) in [5.74, 6) is -0.410. The maximum absolute atomic E-state index is 11.0. The van der Waals surface area contributed by atoms with Crippen LogP contribution >= 0.6 is 0 Å². The van der Waals surface area contributed by atoms with Crippen molar-refractivity contribution in [1.29, 1.82) is 0 Å². The average Bonchev–Trinajstić information content (AvgIpc) is 3.04. The lowest BCUT2D eigenvalue weighted by Gasteiger charge is -2.32. The molecule has 5 nitrogen and oxygen atoms in total. The molecule has 1 fully saturated rings. The number of hydrogen-bond donors (Lipinski definition) is 2. The SMILES string of the molecule is CC(C)(C)c1cc(CN2CCC[C@H](c3ccc(C(=O)O)cc3)C2)[nH]n1. The molecule has 2 N–H and O–H groups in total. The zero-order valence-electron chi connectivity index (χ0n) is 15.2. The van der Waals surface area contributed by atoms with E-state index in [-0.39, 0.29) is 5.41 Å². The smallest absolute Gasteiger partial charge is 0.335 e. The van der Waals surface area contributed by atoms with Gasteiger partial charge in [0.15, 0.2) is 0 Å². The number of carboxylic acid groups (broad SMARTS) is 1. The minimum Gasteiger partial charge on any atom is -0.478 e. The second-order valence-corrected chi connectivity index (χ2v) is 8.03. The van der Waals surface area contributed by atoms with Crippen molar-refractivity contribution in [3.63, 3.8) is 0 Å². The Labute approximate surface area is 149 Å². The highest BCUT2D eigenvalue weighted by molar-refractivity contribution is 5.87. The van der Waals surface area contributed by atoms with Crippen molar-refractivity contribution in [1.82, 2.24) is 15.1 Å². The fourth-order valence-corrected chi connectivity index (χ4v) is 3.44. The lowest BCUT2D eigenvalue weighted by Crippen LogP contribution is -2.34. The van der Waals surface area contributed by atoms with Gasteiger partial charge < -0.3 is 5.11 Å². The van der Waals surface area contributed by atoms with Crippen LogP contribution in [0.2, 0.25) is 0 Å². The van der Waals surface area contributed by atoms with Gasteiger partial charge >= 0.3 is 5.97 Å². The topological polar surface area (TPSA) is 69.2 Å². The Morgan fingerprint density at radius 2 is 2.04 bits per heavy atom. The average molecular weight is 341 g/mol. The van der Waals surface area contributed by atoms with Gasteiger partial charge in [-0.05, 0) is 49.1 Å². The number of nitrogens with zero attached hydrogens (tertiary/aromatic N) is 2. The Bertz CT molecular complexity index is 728. The van der Waals surface area contributed by atoms with Gasteiger partial charge in [-0.3, -0.25) is 10.00 Å². The Hall–Kier alpha value is -2.14. The summed E-state index contributed by atoms with van der Waals surface area (Å²) in [5.41, 5.74) is 3.90. The minimum atomic E-state index is -0.870. The van der Waals surface area contributed by atoms with Crippen molar-refractivity contribution in [3.8, 4) is 0 Å². The molecule has 2 heterocycles. The van der Waals surface area contributed by atoms with E-state index in [0.29, 0.717) is 11.5 Å². The number of rotatable bonds is 4. The van der Waals surface area contributed by atoms with Crippen molar-refractivity contribution in [3.05, 3.63) is 52.8 Å². The molecular formula is C20H27N3O2. The molecule has 1 aliphatic rings. The van der Waals surface area contributed by atoms with Crippen LogP contribution in [-0.4, -0.2) is 39.3 Å². The van der Waals surface area contributed by atoms with E-state index < -0.39 is 5.97 Å². The molecule has 2 aromatic rings. The number of aromatic amines is 1. The number of aromatic carboxylic acids is 1. The van der Waals surface area contributed by atoms with Crippen LogP contribution in [0.1, 0.15) is 66.8 Å². The summed E-state index contributed by atoms with van der Waals surface area (Å²) in [4.78, 5) is 13.5. The van der Waals surface area contributed by atoms with Crippen LogP contribution in [0.4, 0.5) is 0 Å². The molecule has 1 aromatic heterocycles. The van der Waals surface area contributed by atoms with Crippen molar-refractivity contribution < 1.29 is 9.90 Å². The third-order valence-corrected chi connectivity index (χ3v) is 4.93. The number of carbonyl (C=O) groups is 1. The molecule has 0 aliphatic carbocycles. The van der Waals surface area contributed by atoms with Crippen LogP contribution in [0.5, 0.6) is 0 Å². The van der Waals surface area contributed by atoms with Crippen molar-refractivity contribution in [2.75, 3.05) is 13.1 Å². The fourth-order valence-electron chi connectivity index (χ4n) is 3.44. The number of hydrogen-bond acceptors (Lipinski definition) is 3. The minimum absolute atomic E-state index is 0.0606. The standard InChI is InChI=1S/C20H27N3O2/c1-20(2,3)18-11-17(21-22-18)13-23-10-4-5-16(12-23)14-6-8-15(9-7-14)19(24)25/h6-9,11,16H,4-5,10,12-13H2,1-3H3,(H,21,22)(H,24,25)/t16-/m0/s1. The van der Waals surface area contributed by atoms with Gasteiger partial charge in [0.2, 0.25) is 0 Å². The first-order chi connectivity index (χ1) is 11.8. The van der Waals surface area contributed by atoms with E-state index in [1.165, 1.54) is 5.56 Å². The van der Waals surface area contributed by atoms with E-state index in [1.54, 1.807) is 12.1 Å². The molecule has 5 heteroatoms. The predicted octanol–water partition coefficient (Wildman–Crippen LogP) is 3.79. The number of piperidine rings is 1. The summed E-state index contributed by atoms with van der Waals surface area (Å²) in [6.07, 6.45) is 2.31. The molecule has 1 atom stereocenters.